The zero-order valence-corrected chi connectivity index (χ0v) is 13.4. The van der Waals surface area contributed by atoms with Gasteiger partial charge in [-0.3, -0.25) is 0 Å². The first-order valence-corrected chi connectivity index (χ1v) is 8.28. The minimum Gasteiger partial charge on any atom is -0.457 e. The van der Waals surface area contributed by atoms with Crippen LogP contribution in [0, 0.1) is 0 Å². The van der Waals surface area contributed by atoms with Gasteiger partial charge in [0.1, 0.15) is 11.5 Å². The summed E-state index contributed by atoms with van der Waals surface area (Å²) in [5.74, 6) is 1.68. The minimum absolute atomic E-state index is 0.835. The SMILES string of the molecule is C1=c2cccc(Nc3ccc(Oc4ccccc4)cc3)c2=CCC1. The van der Waals surface area contributed by atoms with E-state index in [1.165, 1.54) is 10.4 Å². The first kappa shape index (κ1) is 14.6. The first-order chi connectivity index (χ1) is 11.9. The van der Waals surface area contributed by atoms with E-state index in [1.807, 2.05) is 54.6 Å². The average molecular weight is 313 g/mol. The van der Waals surface area contributed by atoms with Crippen molar-refractivity contribution in [3.05, 3.63) is 83.2 Å². The van der Waals surface area contributed by atoms with Crippen LogP contribution in [0.15, 0.2) is 72.8 Å². The summed E-state index contributed by atoms with van der Waals surface area (Å²) >= 11 is 0. The van der Waals surface area contributed by atoms with Crippen LogP contribution in [0.2, 0.25) is 0 Å². The number of benzene rings is 3. The lowest BCUT2D eigenvalue weighted by molar-refractivity contribution is 0.483. The maximum absolute atomic E-state index is 5.84. The molecule has 3 aromatic rings. The van der Waals surface area contributed by atoms with Gasteiger partial charge in [0.15, 0.2) is 0 Å². The Hall–Kier alpha value is -3.00. The van der Waals surface area contributed by atoms with E-state index in [0.29, 0.717) is 0 Å². The molecule has 0 amide bonds. The molecule has 2 heteroatoms. The van der Waals surface area contributed by atoms with Gasteiger partial charge in [0.05, 0.1) is 0 Å². The van der Waals surface area contributed by atoms with Crippen molar-refractivity contribution >= 4 is 23.5 Å². The predicted molar refractivity (Wildman–Crippen MR) is 100 cm³/mol. The summed E-state index contributed by atoms with van der Waals surface area (Å²) in [4.78, 5) is 0. The summed E-state index contributed by atoms with van der Waals surface area (Å²) in [5, 5.41) is 6.13. The van der Waals surface area contributed by atoms with Crippen LogP contribution in [0.4, 0.5) is 11.4 Å². The fourth-order valence-electron chi connectivity index (χ4n) is 2.95. The lowest BCUT2D eigenvalue weighted by Crippen LogP contribution is -2.28. The van der Waals surface area contributed by atoms with Crippen LogP contribution in [0.25, 0.3) is 12.2 Å². The summed E-state index contributed by atoms with van der Waals surface area (Å²) in [7, 11) is 0. The Kier molecular flexibility index (Phi) is 4.03. The molecule has 4 rings (SSSR count). The summed E-state index contributed by atoms with van der Waals surface area (Å²) < 4.78 is 5.84. The minimum atomic E-state index is 0.835. The van der Waals surface area contributed by atoms with Gasteiger partial charge >= 0.3 is 0 Å². The number of rotatable bonds is 4. The molecule has 0 saturated heterocycles. The van der Waals surface area contributed by atoms with Crippen molar-refractivity contribution in [3.8, 4) is 11.5 Å². The highest BCUT2D eigenvalue weighted by Gasteiger charge is 2.02. The molecule has 0 spiro atoms. The molecule has 0 aliphatic heterocycles. The lowest BCUT2D eigenvalue weighted by atomic mass is 10.1. The fraction of sp³-hybridized carbons (Fsp3) is 0.0909. The van der Waals surface area contributed by atoms with Crippen molar-refractivity contribution in [2.24, 2.45) is 0 Å². The second-order valence-corrected chi connectivity index (χ2v) is 5.86. The second kappa shape index (κ2) is 6.63. The largest absolute Gasteiger partial charge is 0.457 e. The van der Waals surface area contributed by atoms with Gasteiger partial charge in [0.25, 0.3) is 0 Å². The van der Waals surface area contributed by atoms with Gasteiger partial charge in [-0.15, -0.1) is 0 Å². The second-order valence-electron chi connectivity index (χ2n) is 5.86. The number of para-hydroxylation sites is 1. The van der Waals surface area contributed by atoms with Crippen LogP contribution in [0.1, 0.15) is 12.8 Å². The van der Waals surface area contributed by atoms with Gasteiger partial charge in [0, 0.05) is 16.6 Å². The fourth-order valence-corrected chi connectivity index (χ4v) is 2.95. The van der Waals surface area contributed by atoms with Crippen molar-refractivity contribution in [1.29, 1.82) is 0 Å². The zero-order chi connectivity index (χ0) is 16.2. The lowest BCUT2D eigenvalue weighted by Gasteiger charge is -2.11. The average Bonchev–Trinajstić information content (AvgIpc) is 2.65. The molecular formula is C22H19NO. The van der Waals surface area contributed by atoms with Crippen molar-refractivity contribution in [3.63, 3.8) is 0 Å². The highest BCUT2D eigenvalue weighted by atomic mass is 16.5. The van der Waals surface area contributed by atoms with Crippen LogP contribution in [-0.4, -0.2) is 0 Å². The van der Waals surface area contributed by atoms with Gasteiger partial charge in [-0.05, 0) is 60.5 Å². The molecule has 0 radical (unpaired) electrons. The molecule has 0 aromatic heterocycles. The third-order valence-corrected chi connectivity index (χ3v) is 4.13. The van der Waals surface area contributed by atoms with Gasteiger partial charge in [-0.2, -0.15) is 0 Å². The van der Waals surface area contributed by atoms with Gasteiger partial charge in [0.2, 0.25) is 0 Å². The molecule has 24 heavy (non-hydrogen) atoms. The van der Waals surface area contributed by atoms with Gasteiger partial charge in [-0.1, -0.05) is 42.5 Å². The Labute approximate surface area is 141 Å². The van der Waals surface area contributed by atoms with E-state index in [9.17, 15) is 0 Å². The van der Waals surface area contributed by atoms with Gasteiger partial charge in [-0.25, -0.2) is 0 Å². The molecule has 0 atom stereocenters. The summed E-state index contributed by atoms with van der Waals surface area (Å²) in [6.45, 7) is 0. The van der Waals surface area contributed by atoms with E-state index in [-0.39, 0.29) is 0 Å². The summed E-state index contributed by atoms with van der Waals surface area (Å²) in [5.41, 5.74) is 2.21. The Morgan fingerprint density at radius 2 is 1.42 bits per heavy atom. The Balaban J connectivity index is 1.55. The summed E-state index contributed by atoms with van der Waals surface area (Å²) in [6.07, 6.45) is 6.85. The smallest absolute Gasteiger partial charge is 0.127 e. The number of ether oxygens (including phenoxy) is 1. The van der Waals surface area contributed by atoms with Crippen molar-refractivity contribution < 1.29 is 4.74 Å². The van der Waals surface area contributed by atoms with E-state index in [0.717, 1.165) is 35.7 Å². The molecule has 0 saturated carbocycles. The Morgan fingerprint density at radius 1 is 0.667 bits per heavy atom. The van der Waals surface area contributed by atoms with Crippen LogP contribution < -0.4 is 20.5 Å². The van der Waals surface area contributed by atoms with Crippen molar-refractivity contribution in [2.45, 2.75) is 12.8 Å². The normalized spacial score (nSPS) is 12.5. The molecule has 118 valence electrons. The van der Waals surface area contributed by atoms with E-state index in [1.54, 1.807) is 0 Å². The highest BCUT2D eigenvalue weighted by Crippen LogP contribution is 2.23. The summed E-state index contributed by atoms with van der Waals surface area (Å²) in [6, 6.07) is 24.3. The quantitative estimate of drug-likeness (QED) is 0.761. The highest BCUT2D eigenvalue weighted by molar-refractivity contribution is 5.63. The first-order valence-electron chi connectivity index (χ1n) is 8.28. The molecule has 0 heterocycles. The third kappa shape index (κ3) is 3.18. The molecular weight excluding hydrogens is 294 g/mol. The topological polar surface area (TPSA) is 21.3 Å². The Morgan fingerprint density at radius 3 is 2.25 bits per heavy atom. The van der Waals surface area contributed by atoms with Crippen molar-refractivity contribution in [1.82, 2.24) is 0 Å². The van der Waals surface area contributed by atoms with Crippen molar-refractivity contribution in [2.75, 3.05) is 5.32 Å². The van der Waals surface area contributed by atoms with Crippen LogP contribution >= 0.6 is 0 Å². The van der Waals surface area contributed by atoms with E-state index in [4.69, 9.17) is 4.74 Å². The predicted octanol–water partition coefficient (Wildman–Crippen LogP) is 4.58. The zero-order valence-electron chi connectivity index (χ0n) is 13.4. The molecule has 3 aromatic carbocycles. The van der Waals surface area contributed by atoms with Gasteiger partial charge < -0.3 is 10.1 Å². The standard InChI is InChI=1S/C22H19NO/c1-2-9-19(10-3-1)24-20-15-13-18(14-16-20)23-22-12-6-8-17-7-4-5-11-21(17)22/h1-3,6-16,23H,4-5H2. The molecule has 1 aliphatic rings. The Bertz CT molecular complexity index is 944. The number of anilines is 2. The monoisotopic (exact) mass is 313 g/mol. The number of hydrogen-bond acceptors (Lipinski definition) is 2. The number of fused-ring (bicyclic) bond motifs is 1. The van der Waals surface area contributed by atoms with Crippen LogP contribution in [0.3, 0.4) is 0 Å². The van der Waals surface area contributed by atoms with Crippen LogP contribution in [0.5, 0.6) is 11.5 Å². The molecule has 1 aliphatic carbocycles. The number of hydrogen-bond donors (Lipinski definition) is 1. The molecule has 2 nitrogen and oxygen atoms in total. The molecule has 0 unspecified atom stereocenters. The van der Waals surface area contributed by atoms with E-state index in [2.05, 4.69) is 35.7 Å². The third-order valence-electron chi connectivity index (χ3n) is 4.13. The number of nitrogens with one attached hydrogen (secondary N) is 1. The molecule has 0 fully saturated rings. The van der Waals surface area contributed by atoms with E-state index >= 15 is 0 Å². The maximum Gasteiger partial charge on any atom is 0.127 e. The molecule has 1 N–H and O–H groups in total. The van der Waals surface area contributed by atoms with E-state index < -0.39 is 0 Å². The maximum atomic E-state index is 5.84. The molecule has 0 bridgehead atoms. The van der Waals surface area contributed by atoms with Crippen LogP contribution in [-0.2, 0) is 0 Å².